The molecule has 25 heavy (non-hydrogen) atoms. The number of amides is 1. The van der Waals surface area contributed by atoms with Crippen LogP contribution in [0.4, 0.5) is 16.2 Å². The van der Waals surface area contributed by atoms with Crippen molar-refractivity contribution in [3.05, 3.63) is 33.9 Å². The summed E-state index contributed by atoms with van der Waals surface area (Å²) in [5.74, 6) is 0. The van der Waals surface area contributed by atoms with E-state index in [1.807, 2.05) is 38.7 Å². The van der Waals surface area contributed by atoms with Gasteiger partial charge in [-0.25, -0.2) is 4.79 Å². The van der Waals surface area contributed by atoms with E-state index in [9.17, 15) is 14.9 Å². The predicted octanol–water partition coefficient (Wildman–Crippen LogP) is 2.91. The number of piperazine rings is 1. The van der Waals surface area contributed by atoms with E-state index in [2.05, 4.69) is 0 Å². The lowest BCUT2D eigenvalue weighted by Crippen LogP contribution is -2.55. The lowest BCUT2D eigenvalue weighted by Gasteiger charge is -2.41. The number of carbonyl (C=O) groups is 1. The fourth-order valence-corrected chi connectivity index (χ4v) is 2.77. The predicted molar refractivity (Wildman–Crippen MR) is 92.4 cm³/mol. The van der Waals surface area contributed by atoms with Crippen molar-refractivity contribution in [1.29, 1.82) is 5.26 Å². The summed E-state index contributed by atoms with van der Waals surface area (Å²) >= 11 is 0. The third-order valence-electron chi connectivity index (χ3n) is 3.90. The maximum Gasteiger partial charge on any atom is 0.410 e. The van der Waals surface area contributed by atoms with Crippen molar-refractivity contribution in [3.8, 4) is 6.07 Å². The Labute approximate surface area is 146 Å². The van der Waals surface area contributed by atoms with Crippen molar-refractivity contribution in [1.82, 2.24) is 4.90 Å². The van der Waals surface area contributed by atoms with E-state index in [0.29, 0.717) is 30.9 Å². The number of carbonyl (C=O) groups excluding carboxylic acids is 1. The van der Waals surface area contributed by atoms with Crippen LogP contribution in [0, 0.1) is 21.4 Å². The summed E-state index contributed by atoms with van der Waals surface area (Å²) in [6.07, 6.45) is -0.389. The van der Waals surface area contributed by atoms with E-state index in [1.165, 1.54) is 18.2 Å². The van der Waals surface area contributed by atoms with Gasteiger partial charge in [0, 0.05) is 31.7 Å². The molecule has 8 nitrogen and oxygen atoms in total. The highest BCUT2D eigenvalue weighted by Gasteiger charge is 2.33. The molecule has 1 saturated heterocycles. The smallest absolute Gasteiger partial charge is 0.410 e. The molecule has 0 radical (unpaired) electrons. The SMILES string of the molecule is C[C@@H]1CN(c2cc(C#N)ccc2[N+](=O)[O-])CCN1C(=O)OC(C)(C)C. The lowest BCUT2D eigenvalue weighted by atomic mass is 10.1. The second-order valence-corrected chi connectivity index (χ2v) is 7.04. The molecule has 1 aliphatic heterocycles. The average molecular weight is 346 g/mol. The quantitative estimate of drug-likeness (QED) is 0.603. The molecule has 1 aliphatic rings. The first-order valence-corrected chi connectivity index (χ1v) is 8.05. The van der Waals surface area contributed by atoms with Gasteiger partial charge in [0.25, 0.3) is 5.69 Å². The Bertz CT molecular complexity index is 720. The van der Waals surface area contributed by atoms with Crippen LogP contribution in [0.2, 0.25) is 0 Å². The van der Waals surface area contributed by atoms with Gasteiger partial charge in [-0.15, -0.1) is 0 Å². The number of anilines is 1. The maximum absolute atomic E-state index is 12.3. The van der Waals surface area contributed by atoms with Crippen LogP contribution >= 0.6 is 0 Å². The molecule has 1 atom stereocenters. The number of ether oxygens (including phenoxy) is 1. The molecule has 0 N–H and O–H groups in total. The van der Waals surface area contributed by atoms with Gasteiger partial charge < -0.3 is 14.5 Å². The summed E-state index contributed by atoms with van der Waals surface area (Å²) in [7, 11) is 0. The summed E-state index contributed by atoms with van der Waals surface area (Å²) < 4.78 is 5.40. The standard InChI is InChI=1S/C17H22N4O4/c1-12-11-19(7-8-20(12)16(22)25-17(2,3)4)15-9-13(10-18)5-6-14(15)21(23)24/h5-6,9,12H,7-8,11H2,1-4H3/t12-/m1/s1. The van der Waals surface area contributed by atoms with Crippen molar-refractivity contribution < 1.29 is 14.5 Å². The zero-order chi connectivity index (χ0) is 18.8. The van der Waals surface area contributed by atoms with Crippen molar-refractivity contribution in [3.63, 3.8) is 0 Å². The first kappa shape index (κ1) is 18.5. The molecule has 0 spiro atoms. The van der Waals surface area contributed by atoms with Crippen LogP contribution in [-0.4, -0.2) is 47.2 Å². The van der Waals surface area contributed by atoms with Gasteiger partial charge in [0.1, 0.15) is 11.3 Å². The van der Waals surface area contributed by atoms with Gasteiger partial charge in [-0.1, -0.05) is 0 Å². The summed E-state index contributed by atoms with van der Waals surface area (Å²) in [6.45, 7) is 8.54. The van der Waals surface area contributed by atoms with Crippen LogP contribution in [0.15, 0.2) is 18.2 Å². The molecule has 1 aromatic rings. The van der Waals surface area contributed by atoms with Gasteiger partial charge in [-0.3, -0.25) is 10.1 Å². The number of nitro groups is 1. The summed E-state index contributed by atoms with van der Waals surface area (Å²) in [4.78, 5) is 26.6. The summed E-state index contributed by atoms with van der Waals surface area (Å²) in [6, 6.07) is 6.13. The Balaban J connectivity index is 2.20. The minimum absolute atomic E-state index is 0.0445. The van der Waals surface area contributed by atoms with Gasteiger partial charge in [-0.2, -0.15) is 5.26 Å². The molecule has 0 aliphatic carbocycles. The Morgan fingerprint density at radius 2 is 2.08 bits per heavy atom. The number of hydrogen-bond donors (Lipinski definition) is 0. The zero-order valence-electron chi connectivity index (χ0n) is 14.9. The highest BCUT2D eigenvalue weighted by atomic mass is 16.6. The van der Waals surface area contributed by atoms with Gasteiger partial charge in [-0.05, 0) is 39.8 Å². The fraction of sp³-hybridized carbons (Fsp3) is 0.529. The van der Waals surface area contributed by atoms with E-state index in [4.69, 9.17) is 10.00 Å². The molecule has 0 bridgehead atoms. The Morgan fingerprint density at radius 1 is 1.40 bits per heavy atom. The Hall–Kier alpha value is -2.82. The molecule has 134 valence electrons. The minimum Gasteiger partial charge on any atom is -0.444 e. The molecule has 0 aromatic heterocycles. The van der Waals surface area contributed by atoms with Crippen LogP contribution in [0.3, 0.4) is 0 Å². The molecular weight excluding hydrogens is 324 g/mol. The second kappa shape index (κ2) is 6.97. The number of hydrogen-bond acceptors (Lipinski definition) is 6. The van der Waals surface area contributed by atoms with Crippen molar-refractivity contribution in [2.45, 2.75) is 39.3 Å². The van der Waals surface area contributed by atoms with Crippen LogP contribution in [0.5, 0.6) is 0 Å². The van der Waals surface area contributed by atoms with E-state index < -0.39 is 10.5 Å². The third-order valence-corrected chi connectivity index (χ3v) is 3.90. The monoisotopic (exact) mass is 346 g/mol. The number of rotatable bonds is 2. The zero-order valence-corrected chi connectivity index (χ0v) is 14.9. The van der Waals surface area contributed by atoms with Gasteiger partial charge in [0.05, 0.1) is 16.6 Å². The average Bonchev–Trinajstić information content (AvgIpc) is 2.52. The van der Waals surface area contributed by atoms with Gasteiger partial charge in [0.15, 0.2) is 0 Å². The molecule has 0 unspecified atom stereocenters. The molecule has 8 heteroatoms. The van der Waals surface area contributed by atoms with Crippen molar-refractivity contribution in [2.75, 3.05) is 24.5 Å². The van der Waals surface area contributed by atoms with E-state index in [0.717, 1.165) is 0 Å². The largest absolute Gasteiger partial charge is 0.444 e. The summed E-state index contributed by atoms with van der Waals surface area (Å²) in [5.41, 5.74) is 0.146. The molecular formula is C17H22N4O4. The fourth-order valence-electron chi connectivity index (χ4n) is 2.77. The Morgan fingerprint density at radius 3 is 2.60 bits per heavy atom. The lowest BCUT2D eigenvalue weighted by molar-refractivity contribution is -0.384. The minimum atomic E-state index is -0.576. The number of nitriles is 1. The topological polar surface area (TPSA) is 99.7 Å². The molecule has 2 rings (SSSR count). The van der Waals surface area contributed by atoms with E-state index in [1.54, 1.807) is 4.90 Å². The van der Waals surface area contributed by atoms with E-state index >= 15 is 0 Å². The van der Waals surface area contributed by atoms with Gasteiger partial charge in [0.2, 0.25) is 0 Å². The Kier molecular flexibility index (Phi) is 5.16. The van der Waals surface area contributed by atoms with Crippen molar-refractivity contribution in [2.24, 2.45) is 0 Å². The molecule has 1 aromatic carbocycles. The van der Waals surface area contributed by atoms with Crippen molar-refractivity contribution >= 4 is 17.5 Å². The van der Waals surface area contributed by atoms with Gasteiger partial charge >= 0.3 is 6.09 Å². The first-order chi connectivity index (χ1) is 11.6. The summed E-state index contributed by atoms with van der Waals surface area (Å²) in [5, 5.41) is 20.3. The highest BCUT2D eigenvalue weighted by molar-refractivity contribution is 5.70. The molecule has 1 amide bonds. The molecule has 0 saturated carbocycles. The highest BCUT2D eigenvalue weighted by Crippen LogP contribution is 2.31. The van der Waals surface area contributed by atoms with Crippen LogP contribution in [0.1, 0.15) is 33.3 Å². The first-order valence-electron chi connectivity index (χ1n) is 8.05. The number of nitrogens with zero attached hydrogens (tertiary/aromatic N) is 4. The number of benzene rings is 1. The molecule has 1 heterocycles. The second-order valence-electron chi connectivity index (χ2n) is 7.04. The maximum atomic E-state index is 12.3. The number of nitro benzene ring substituents is 1. The van der Waals surface area contributed by atoms with E-state index in [-0.39, 0.29) is 17.8 Å². The normalized spacial score (nSPS) is 17.8. The van der Waals surface area contributed by atoms with Crippen LogP contribution in [0.25, 0.3) is 0 Å². The third kappa shape index (κ3) is 4.38. The molecule has 1 fully saturated rings. The van der Waals surface area contributed by atoms with Crippen LogP contribution in [-0.2, 0) is 4.74 Å². The van der Waals surface area contributed by atoms with Crippen LogP contribution < -0.4 is 4.90 Å².